The van der Waals surface area contributed by atoms with E-state index in [0.29, 0.717) is 0 Å². The van der Waals surface area contributed by atoms with Gasteiger partial charge in [0, 0.05) is 15.6 Å². The normalized spacial score (nSPS) is 11.1. The summed E-state index contributed by atoms with van der Waals surface area (Å²) < 4.78 is 1.37. The molecule has 0 aliphatic carbocycles. The third-order valence-electron chi connectivity index (χ3n) is 3.43. The first-order valence-corrected chi connectivity index (χ1v) is 7.09. The summed E-state index contributed by atoms with van der Waals surface area (Å²) in [6.07, 6.45) is 0. The molecule has 1 heteroatoms. The molecule has 18 heavy (non-hydrogen) atoms. The lowest BCUT2D eigenvalue weighted by molar-refractivity contribution is 1.33. The Labute approximate surface area is 112 Å². The van der Waals surface area contributed by atoms with E-state index in [1.54, 1.807) is 0 Å². The lowest BCUT2D eigenvalue weighted by atomic mass is 9.94. The summed E-state index contributed by atoms with van der Waals surface area (Å²) in [5, 5.41) is 3.66. The maximum Gasteiger partial charge on any atom is 0.0349 e. The Balaban J connectivity index is 2.33. The van der Waals surface area contributed by atoms with E-state index in [1.807, 2.05) is 11.3 Å². The Hall–Kier alpha value is -1.60. The number of aryl methyl sites for hydroxylation is 3. The fraction of sp³-hybridized carbons (Fsp3) is 0.176. The number of hydrogen-bond acceptors (Lipinski definition) is 1. The van der Waals surface area contributed by atoms with Crippen molar-refractivity contribution in [2.75, 3.05) is 0 Å². The second-order valence-electron chi connectivity index (χ2n) is 4.92. The van der Waals surface area contributed by atoms with Crippen LogP contribution in [0.5, 0.6) is 0 Å². The Morgan fingerprint density at radius 2 is 1.56 bits per heavy atom. The summed E-state index contributed by atoms with van der Waals surface area (Å²) >= 11 is 1.83. The minimum absolute atomic E-state index is 1.34. The number of fused-ring (bicyclic) bond motifs is 1. The van der Waals surface area contributed by atoms with Gasteiger partial charge < -0.3 is 0 Å². The van der Waals surface area contributed by atoms with Crippen molar-refractivity contribution in [2.24, 2.45) is 0 Å². The summed E-state index contributed by atoms with van der Waals surface area (Å²) in [4.78, 5) is 0. The molecule has 3 rings (SSSR count). The quantitative estimate of drug-likeness (QED) is 0.537. The van der Waals surface area contributed by atoms with Gasteiger partial charge in [0.15, 0.2) is 0 Å². The van der Waals surface area contributed by atoms with Crippen molar-refractivity contribution in [3.63, 3.8) is 0 Å². The molecule has 0 radical (unpaired) electrons. The first kappa shape index (κ1) is 11.5. The molecule has 2 aromatic carbocycles. The minimum Gasteiger partial charge on any atom is -0.143 e. The van der Waals surface area contributed by atoms with E-state index in [2.05, 4.69) is 62.5 Å². The van der Waals surface area contributed by atoms with Crippen LogP contribution >= 0.6 is 11.3 Å². The fourth-order valence-corrected chi connectivity index (χ4v) is 3.73. The van der Waals surface area contributed by atoms with E-state index in [1.165, 1.54) is 37.9 Å². The molecule has 1 heterocycles. The molecule has 0 nitrogen and oxygen atoms in total. The molecule has 0 saturated carbocycles. The van der Waals surface area contributed by atoms with Gasteiger partial charge >= 0.3 is 0 Å². The second-order valence-corrected chi connectivity index (χ2v) is 5.83. The summed E-state index contributed by atoms with van der Waals surface area (Å²) in [6, 6.07) is 13.2. The Kier molecular flexibility index (Phi) is 2.71. The highest BCUT2D eigenvalue weighted by molar-refractivity contribution is 7.17. The summed E-state index contributed by atoms with van der Waals surface area (Å²) in [6.45, 7) is 6.58. The molecule has 0 fully saturated rings. The van der Waals surface area contributed by atoms with Gasteiger partial charge in [0.25, 0.3) is 0 Å². The molecule has 3 aromatic rings. The van der Waals surface area contributed by atoms with E-state index in [-0.39, 0.29) is 0 Å². The number of thiophene rings is 1. The molecule has 0 aliphatic heterocycles. The van der Waals surface area contributed by atoms with Crippen LogP contribution in [0.25, 0.3) is 21.2 Å². The second kappa shape index (κ2) is 4.25. The topological polar surface area (TPSA) is 0 Å². The van der Waals surface area contributed by atoms with Crippen LogP contribution in [0, 0.1) is 20.8 Å². The van der Waals surface area contributed by atoms with Crippen molar-refractivity contribution in [3.8, 4) is 11.1 Å². The number of hydrogen-bond donors (Lipinski definition) is 0. The summed E-state index contributed by atoms with van der Waals surface area (Å²) in [7, 11) is 0. The van der Waals surface area contributed by atoms with Gasteiger partial charge in [-0.25, -0.2) is 0 Å². The van der Waals surface area contributed by atoms with Gasteiger partial charge in [-0.05, 0) is 48.9 Å². The van der Waals surface area contributed by atoms with Crippen molar-refractivity contribution in [1.82, 2.24) is 0 Å². The Morgan fingerprint density at radius 3 is 2.28 bits per heavy atom. The zero-order valence-corrected chi connectivity index (χ0v) is 11.8. The van der Waals surface area contributed by atoms with Gasteiger partial charge in [0.1, 0.15) is 0 Å². The Morgan fingerprint density at radius 1 is 0.889 bits per heavy atom. The van der Waals surface area contributed by atoms with Gasteiger partial charge in [0.2, 0.25) is 0 Å². The first-order chi connectivity index (χ1) is 8.66. The van der Waals surface area contributed by atoms with Crippen LogP contribution < -0.4 is 0 Å². The number of rotatable bonds is 1. The van der Waals surface area contributed by atoms with Crippen molar-refractivity contribution >= 4 is 21.4 Å². The third kappa shape index (κ3) is 1.75. The predicted octanol–water partition coefficient (Wildman–Crippen LogP) is 5.49. The first-order valence-electron chi connectivity index (χ1n) is 6.21. The van der Waals surface area contributed by atoms with Crippen molar-refractivity contribution < 1.29 is 0 Å². The summed E-state index contributed by atoms with van der Waals surface area (Å²) in [5.74, 6) is 0. The van der Waals surface area contributed by atoms with Gasteiger partial charge in [-0.2, -0.15) is 0 Å². The molecule has 0 bridgehead atoms. The van der Waals surface area contributed by atoms with Gasteiger partial charge in [0.05, 0.1) is 0 Å². The van der Waals surface area contributed by atoms with Crippen LogP contribution in [-0.2, 0) is 0 Å². The highest BCUT2D eigenvalue weighted by Gasteiger charge is 2.11. The average Bonchev–Trinajstić information content (AvgIpc) is 2.72. The zero-order valence-electron chi connectivity index (χ0n) is 10.9. The number of benzene rings is 2. The van der Waals surface area contributed by atoms with Gasteiger partial charge in [-0.3, -0.25) is 0 Å². The van der Waals surface area contributed by atoms with Crippen LogP contribution in [0.3, 0.4) is 0 Å². The molecule has 0 N–H and O–H groups in total. The zero-order chi connectivity index (χ0) is 12.7. The van der Waals surface area contributed by atoms with Crippen LogP contribution in [0.15, 0.2) is 41.8 Å². The van der Waals surface area contributed by atoms with Gasteiger partial charge in [-0.1, -0.05) is 35.9 Å². The lowest BCUT2D eigenvalue weighted by Gasteiger charge is -2.10. The maximum absolute atomic E-state index is 2.29. The minimum atomic E-state index is 1.34. The largest absolute Gasteiger partial charge is 0.143 e. The van der Waals surface area contributed by atoms with Crippen LogP contribution in [0.2, 0.25) is 0 Å². The molecule has 0 spiro atoms. The molecule has 0 saturated heterocycles. The fourth-order valence-electron chi connectivity index (χ4n) is 2.78. The van der Waals surface area contributed by atoms with E-state index >= 15 is 0 Å². The Bertz CT molecular complexity index is 696. The molecule has 0 aliphatic rings. The average molecular weight is 252 g/mol. The maximum atomic E-state index is 2.29. The van der Waals surface area contributed by atoms with Crippen LogP contribution in [-0.4, -0.2) is 0 Å². The highest BCUT2D eigenvalue weighted by atomic mass is 32.1. The van der Waals surface area contributed by atoms with E-state index in [4.69, 9.17) is 0 Å². The van der Waals surface area contributed by atoms with Gasteiger partial charge in [-0.15, -0.1) is 11.3 Å². The van der Waals surface area contributed by atoms with E-state index in [9.17, 15) is 0 Å². The van der Waals surface area contributed by atoms with Crippen molar-refractivity contribution in [2.45, 2.75) is 20.8 Å². The lowest BCUT2D eigenvalue weighted by Crippen LogP contribution is -1.89. The molecular weight excluding hydrogens is 236 g/mol. The van der Waals surface area contributed by atoms with Crippen molar-refractivity contribution in [3.05, 3.63) is 58.5 Å². The third-order valence-corrected chi connectivity index (χ3v) is 4.39. The standard InChI is InChI=1S/C17H16S/c1-11-8-12(2)17(13(3)9-11)15-10-18-16-7-5-4-6-14(15)16/h4-10H,1-3H3. The van der Waals surface area contributed by atoms with Crippen LogP contribution in [0.4, 0.5) is 0 Å². The summed E-state index contributed by atoms with van der Waals surface area (Å²) in [5.41, 5.74) is 6.86. The molecule has 1 aromatic heterocycles. The van der Waals surface area contributed by atoms with E-state index in [0.717, 1.165) is 0 Å². The molecular formula is C17H16S. The SMILES string of the molecule is Cc1cc(C)c(-c2csc3ccccc23)c(C)c1. The monoisotopic (exact) mass is 252 g/mol. The molecule has 90 valence electrons. The predicted molar refractivity (Wildman–Crippen MR) is 81.5 cm³/mol. The van der Waals surface area contributed by atoms with Crippen LogP contribution in [0.1, 0.15) is 16.7 Å². The molecule has 0 amide bonds. The van der Waals surface area contributed by atoms with E-state index < -0.39 is 0 Å². The molecule has 0 unspecified atom stereocenters. The van der Waals surface area contributed by atoms with Crippen molar-refractivity contribution in [1.29, 1.82) is 0 Å². The highest BCUT2D eigenvalue weighted by Crippen LogP contribution is 2.37. The smallest absolute Gasteiger partial charge is 0.0349 e. The molecule has 0 atom stereocenters.